The molecule has 0 bridgehead atoms. The third-order valence-electron chi connectivity index (χ3n) is 6.87. The van der Waals surface area contributed by atoms with E-state index in [1.54, 1.807) is 33.9 Å². The van der Waals surface area contributed by atoms with E-state index in [4.69, 9.17) is 32.7 Å². The van der Waals surface area contributed by atoms with Crippen molar-refractivity contribution >= 4 is 46.1 Å². The van der Waals surface area contributed by atoms with E-state index < -0.39 is 0 Å². The van der Waals surface area contributed by atoms with Crippen molar-refractivity contribution in [3.63, 3.8) is 0 Å². The summed E-state index contributed by atoms with van der Waals surface area (Å²) in [6, 6.07) is 5.27. The van der Waals surface area contributed by atoms with Crippen LogP contribution in [0.2, 0.25) is 10.0 Å². The molecule has 43 heavy (non-hydrogen) atoms. The van der Waals surface area contributed by atoms with Crippen molar-refractivity contribution in [1.29, 1.82) is 5.26 Å². The molecule has 1 aliphatic heterocycles. The summed E-state index contributed by atoms with van der Waals surface area (Å²) in [5, 5.41) is 16.9. The average Bonchev–Trinajstić information content (AvgIpc) is 2.94. The molecule has 0 unspecified atom stereocenters. The second-order valence-electron chi connectivity index (χ2n) is 11.2. The van der Waals surface area contributed by atoms with Crippen LogP contribution < -0.4 is 25.7 Å². The summed E-state index contributed by atoms with van der Waals surface area (Å²) >= 11 is 13.4. The number of fused-ring (bicyclic) bond motifs is 1. The average molecular weight is 629 g/mol. The first-order valence-electron chi connectivity index (χ1n) is 13.8. The number of likely N-dealkylation sites (tertiary alicyclic amines) is 1. The first-order chi connectivity index (χ1) is 20.4. The van der Waals surface area contributed by atoms with Gasteiger partial charge in [-0.25, -0.2) is 4.98 Å². The molecule has 228 valence electrons. The second-order valence-corrected chi connectivity index (χ2v) is 12.0. The van der Waals surface area contributed by atoms with Crippen molar-refractivity contribution in [2.45, 2.75) is 40.3 Å². The van der Waals surface area contributed by atoms with Crippen LogP contribution in [0.1, 0.15) is 27.7 Å². The summed E-state index contributed by atoms with van der Waals surface area (Å²) < 4.78 is 12.4. The van der Waals surface area contributed by atoms with Crippen molar-refractivity contribution < 1.29 is 14.3 Å². The van der Waals surface area contributed by atoms with E-state index in [1.165, 1.54) is 14.2 Å². The van der Waals surface area contributed by atoms with E-state index in [2.05, 4.69) is 20.6 Å². The Morgan fingerprint density at radius 3 is 2.40 bits per heavy atom. The fraction of sp³-hybridized carbons (Fsp3) is 0.433. The summed E-state index contributed by atoms with van der Waals surface area (Å²) in [7, 11) is 2.94. The zero-order valence-electron chi connectivity index (χ0n) is 25.0. The van der Waals surface area contributed by atoms with Gasteiger partial charge in [-0.3, -0.25) is 14.2 Å². The summed E-state index contributed by atoms with van der Waals surface area (Å²) in [5.41, 5.74) is 0.478. The van der Waals surface area contributed by atoms with Gasteiger partial charge in [0.2, 0.25) is 5.95 Å². The highest BCUT2D eigenvalue weighted by Crippen LogP contribution is 2.45. The molecule has 3 aromatic rings. The summed E-state index contributed by atoms with van der Waals surface area (Å²) in [4.78, 5) is 37.4. The van der Waals surface area contributed by atoms with Gasteiger partial charge in [0.1, 0.15) is 28.8 Å². The van der Waals surface area contributed by atoms with Gasteiger partial charge in [0.25, 0.3) is 11.5 Å². The van der Waals surface area contributed by atoms with E-state index in [0.717, 1.165) is 0 Å². The fourth-order valence-electron chi connectivity index (χ4n) is 4.81. The Bertz CT molecular complexity index is 1640. The topological polar surface area (TPSA) is 134 Å². The standard InChI is InChI=1S/C30H35Cl2N7O4/c1-7-34-29-36-14-17-10-20(23-24(31)21(42-5)11-22(43-6)25(23)32)28(41)39(26(17)37-29)9-8-35-19-15-38(16-19)27(40)18(13-33)12-30(2,3)4/h10-12,14,19,35H,7-9,15-16H2,1-6H3,(H,34,36,37)/b18-12-. The van der Waals surface area contributed by atoms with Gasteiger partial charge in [-0.1, -0.05) is 50.0 Å². The third kappa shape index (κ3) is 6.88. The smallest absolute Gasteiger partial charge is 0.264 e. The molecule has 0 spiro atoms. The van der Waals surface area contributed by atoms with Gasteiger partial charge in [-0.05, 0) is 18.4 Å². The SMILES string of the molecule is CCNc1ncc2cc(-c3c(Cl)c(OC)cc(OC)c3Cl)c(=O)n(CCNC3CN(C(=O)/C(C#N)=C\C(C)(C)C)C3)c2n1. The van der Waals surface area contributed by atoms with Gasteiger partial charge in [0.15, 0.2) is 0 Å². The quantitative estimate of drug-likeness (QED) is 0.246. The van der Waals surface area contributed by atoms with Crippen LogP contribution >= 0.6 is 23.2 Å². The number of anilines is 1. The summed E-state index contributed by atoms with van der Waals surface area (Å²) in [6.45, 7) is 9.96. The molecule has 0 radical (unpaired) electrons. The number of aromatic nitrogens is 3. The van der Waals surface area contributed by atoms with E-state index in [1.807, 2.05) is 33.8 Å². The van der Waals surface area contributed by atoms with Gasteiger partial charge in [0, 0.05) is 62.0 Å². The predicted octanol–water partition coefficient (Wildman–Crippen LogP) is 4.51. The number of rotatable bonds is 10. The lowest BCUT2D eigenvalue weighted by Gasteiger charge is -2.39. The number of ether oxygens (including phenoxy) is 2. The van der Waals surface area contributed by atoms with Crippen molar-refractivity contribution in [2.24, 2.45) is 5.41 Å². The maximum atomic E-state index is 14.0. The number of hydrogen-bond donors (Lipinski definition) is 2. The van der Waals surface area contributed by atoms with Crippen LogP contribution in [0.3, 0.4) is 0 Å². The van der Waals surface area contributed by atoms with Crippen molar-refractivity contribution in [3.8, 4) is 28.7 Å². The molecule has 11 nitrogen and oxygen atoms in total. The Labute approximate surface area is 260 Å². The van der Waals surface area contributed by atoms with Crippen molar-refractivity contribution in [3.05, 3.63) is 50.4 Å². The minimum Gasteiger partial charge on any atom is -0.495 e. The molecule has 2 aromatic heterocycles. The van der Waals surface area contributed by atoms with Crippen LogP contribution in [0, 0.1) is 16.7 Å². The zero-order chi connectivity index (χ0) is 31.5. The van der Waals surface area contributed by atoms with Gasteiger partial charge in [-0.2, -0.15) is 10.2 Å². The molecular weight excluding hydrogens is 593 g/mol. The highest BCUT2D eigenvalue weighted by atomic mass is 35.5. The normalized spacial score (nSPS) is 13.9. The Morgan fingerprint density at radius 2 is 1.84 bits per heavy atom. The first-order valence-corrected chi connectivity index (χ1v) is 14.6. The molecule has 13 heteroatoms. The highest BCUT2D eigenvalue weighted by molar-refractivity contribution is 6.41. The fourth-order valence-corrected chi connectivity index (χ4v) is 5.51. The molecule has 2 N–H and O–H groups in total. The van der Waals surface area contributed by atoms with Gasteiger partial charge in [-0.15, -0.1) is 0 Å². The summed E-state index contributed by atoms with van der Waals surface area (Å²) in [6.07, 6.45) is 3.33. The number of carbonyl (C=O) groups is 1. The van der Waals surface area contributed by atoms with E-state index in [0.29, 0.717) is 54.7 Å². The number of hydrogen-bond acceptors (Lipinski definition) is 9. The van der Waals surface area contributed by atoms with Crippen LogP contribution in [0.5, 0.6) is 11.5 Å². The lowest BCUT2D eigenvalue weighted by Crippen LogP contribution is -2.60. The Morgan fingerprint density at radius 1 is 1.19 bits per heavy atom. The van der Waals surface area contributed by atoms with Crippen LogP contribution in [-0.2, 0) is 11.3 Å². The molecule has 3 heterocycles. The zero-order valence-corrected chi connectivity index (χ0v) is 26.6. The predicted molar refractivity (Wildman–Crippen MR) is 168 cm³/mol. The number of halogens is 2. The molecule has 4 rings (SSSR count). The third-order valence-corrected chi connectivity index (χ3v) is 7.62. The Balaban J connectivity index is 1.63. The number of carbonyl (C=O) groups excluding carboxylic acids is 1. The molecule has 1 aromatic carbocycles. The van der Waals surface area contributed by atoms with Crippen molar-refractivity contribution in [1.82, 2.24) is 24.8 Å². The van der Waals surface area contributed by atoms with Crippen LogP contribution in [0.15, 0.2) is 34.8 Å². The molecule has 0 atom stereocenters. The van der Waals surface area contributed by atoms with Crippen LogP contribution in [0.4, 0.5) is 5.95 Å². The molecule has 1 aliphatic rings. The number of nitrogens with one attached hydrogen (secondary N) is 2. The Kier molecular flexibility index (Phi) is 9.85. The number of nitriles is 1. The number of amides is 1. The molecular formula is C30H35Cl2N7O4. The minimum absolute atomic E-state index is 0.0159. The number of methoxy groups -OCH3 is 2. The number of nitrogens with zero attached hydrogens (tertiary/aromatic N) is 5. The van der Waals surface area contributed by atoms with Gasteiger partial charge in [0.05, 0.1) is 29.8 Å². The maximum absolute atomic E-state index is 14.0. The molecule has 1 fully saturated rings. The number of pyridine rings is 1. The van der Waals surface area contributed by atoms with Crippen molar-refractivity contribution in [2.75, 3.05) is 45.7 Å². The first kappa shape index (κ1) is 32.1. The number of allylic oxidation sites excluding steroid dienone is 1. The molecule has 0 aliphatic carbocycles. The lowest BCUT2D eigenvalue weighted by molar-refractivity contribution is -0.131. The Hall–Kier alpha value is -3.85. The van der Waals surface area contributed by atoms with E-state index in [-0.39, 0.29) is 56.2 Å². The highest BCUT2D eigenvalue weighted by Gasteiger charge is 2.32. The van der Waals surface area contributed by atoms with Crippen LogP contribution in [-0.4, -0.2) is 71.8 Å². The summed E-state index contributed by atoms with van der Waals surface area (Å²) in [5.74, 6) is 0.740. The molecule has 1 amide bonds. The number of benzene rings is 1. The monoisotopic (exact) mass is 627 g/mol. The van der Waals surface area contributed by atoms with Gasteiger partial charge >= 0.3 is 0 Å². The maximum Gasteiger partial charge on any atom is 0.264 e. The van der Waals surface area contributed by atoms with Crippen LogP contribution in [0.25, 0.3) is 22.2 Å². The minimum atomic E-state index is -0.356. The molecule has 0 saturated carbocycles. The second kappa shape index (κ2) is 13.2. The lowest BCUT2D eigenvalue weighted by atomic mass is 9.93. The van der Waals surface area contributed by atoms with E-state index >= 15 is 0 Å². The van der Waals surface area contributed by atoms with E-state index in [9.17, 15) is 14.9 Å². The largest absolute Gasteiger partial charge is 0.495 e. The van der Waals surface area contributed by atoms with Gasteiger partial charge < -0.3 is 25.0 Å². The molecule has 1 saturated heterocycles.